The summed E-state index contributed by atoms with van der Waals surface area (Å²) in [7, 11) is -3.78. The summed E-state index contributed by atoms with van der Waals surface area (Å²) >= 11 is 0. The molecule has 0 radical (unpaired) electrons. The second kappa shape index (κ2) is 10.6. The van der Waals surface area contributed by atoms with Crippen LogP contribution < -0.4 is 10.0 Å². The summed E-state index contributed by atoms with van der Waals surface area (Å²) in [6.07, 6.45) is 6.83. The highest BCUT2D eigenvalue weighted by Gasteiger charge is 2.43. The van der Waals surface area contributed by atoms with E-state index in [1.807, 2.05) is 78.9 Å². The van der Waals surface area contributed by atoms with E-state index in [0.29, 0.717) is 19.4 Å². The Morgan fingerprint density at radius 2 is 1.47 bits per heavy atom. The highest BCUT2D eigenvalue weighted by molar-refractivity contribution is 7.89. The quantitative estimate of drug-likeness (QED) is 0.486. The zero-order chi connectivity index (χ0) is 23.9. The van der Waals surface area contributed by atoms with Gasteiger partial charge in [-0.15, -0.1) is 0 Å². The molecular weight excluding hydrogens is 444 g/mol. The average Bonchev–Trinajstić information content (AvgIpc) is 2.89. The number of carbonyl (C=O) groups excluding carboxylic acids is 1. The average molecular weight is 473 g/mol. The first kappa shape index (κ1) is 23.7. The fourth-order valence-electron chi connectivity index (χ4n) is 4.19. The lowest BCUT2D eigenvalue weighted by Crippen LogP contribution is -2.49. The van der Waals surface area contributed by atoms with E-state index in [2.05, 4.69) is 10.0 Å². The number of sulfonamides is 1. The molecule has 0 spiro atoms. The van der Waals surface area contributed by atoms with Gasteiger partial charge in [0.2, 0.25) is 15.9 Å². The van der Waals surface area contributed by atoms with Gasteiger partial charge in [-0.25, -0.2) is 13.1 Å². The molecule has 1 unspecified atom stereocenters. The fraction of sp³-hybridized carbons (Fsp3) is 0.179. The Balaban J connectivity index is 1.61. The lowest BCUT2D eigenvalue weighted by molar-refractivity contribution is -0.127. The van der Waals surface area contributed by atoms with Gasteiger partial charge >= 0.3 is 0 Å². The predicted molar refractivity (Wildman–Crippen MR) is 135 cm³/mol. The van der Waals surface area contributed by atoms with Crippen molar-refractivity contribution in [1.82, 2.24) is 10.0 Å². The Labute approximate surface area is 201 Å². The number of hydrogen-bond acceptors (Lipinski definition) is 3. The molecule has 0 saturated carbocycles. The van der Waals surface area contributed by atoms with Crippen molar-refractivity contribution >= 4 is 21.5 Å². The van der Waals surface area contributed by atoms with Crippen molar-refractivity contribution in [2.45, 2.75) is 17.7 Å². The lowest BCUT2D eigenvalue weighted by atomic mass is 9.71. The number of benzene rings is 3. The Hall–Kier alpha value is -3.48. The first-order chi connectivity index (χ1) is 16.5. The SMILES string of the molecule is O=C(NCCc1ccccc1)C1(CNS(=O)(=O)c2ccccc2)CC=CC=C1c1ccccc1. The summed E-state index contributed by atoms with van der Waals surface area (Å²) in [5.41, 5.74) is 1.74. The van der Waals surface area contributed by atoms with E-state index in [0.717, 1.165) is 16.7 Å². The van der Waals surface area contributed by atoms with Crippen LogP contribution in [0.15, 0.2) is 114 Å². The van der Waals surface area contributed by atoms with Gasteiger partial charge in [-0.2, -0.15) is 0 Å². The van der Waals surface area contributed by atoms with Crippen LogP contribution in [0.5, 0.6) is 0 Å². The van der Waals surface area contributed by atoms with Crippen LogP contribution in [0, 0.1) is 5.41 Å². The smallest absolute Gasteiger partial charge is 0.240 e. The van der Waals surface area contributed by atoms with Crippen molar-refractivity contribution in [2.24, 2.45) is 5.41 Å². The number of allylic oxidation sites excluding steroid dienone is 3. The van der Waals surface area contributed by atoms with E-state index in [4.69, 9.17) is 0 Å². The Morgan fingerprint density at radius 1 is 0.853 bits per heavy atom. The van der Waals surface area contributed by atoms with E-state index in [-0.39, 0.29) is 17.3 Å². The first-order valence-electron chi connectivity index (χ1n) is 11.3. The van der Waals surface area contributed by atoms with Crippen LogP contribution in [0.3, 0.4) is 0 Å². The molecule has 1 aliphatic rings. The molecule has 0 saturated heterocycles. The van der Waals surface area contributed by atoms with E-state index in [9.17, 15) is 13.2 Å². The molecule has 0 fully saturated rings. The van der Waals surface area contributed by atoms with Crippen LogP contribution in [-0.2, 0) is 21.2 Å². The van der Waals surface area contributed by atoms with Gasteiger partial charge in [0, 0.05) is 13.1 Å². The first-order valence-corrected chi connectivity index (χ1v) is 12.8. The van der Waals surface area contributed by atoms with Crippen molar-refractivity contribution in [3.8, 4) is 0 Å². The van der Waals surface area contributed by atoms with Gasteiger partial charge in [-0.1, -0.05) is 97.1 Å². The van der Waals surface area contributed by atoms with Crippen LogP contribution >= 0.6 is 0 Å². The van der Waals surface area contributed by atoms with E-state index >= 15 is 0 Å². The summed E-state index contributed by atoms with van der Waals surface area (Å²) in [6, 6.07) is 27.8. The van der Waals surface area contributed by atoms with Crippen molar-refractivity contribution in [3.63, 3.8) is 0 Å². The molecule has 1 aliphatic carbocycles. The van der Waals surface area contributed by atoms with Crippen LogP contribution in [0.25, 0.3) is 5.57 Å². The van der Waals surface area contributed by atoms with E-state index in [1.54, 1.807) is 30.3 Å². The number of rotatable bonds is 9. The third-order valence-corrected chi connectivity index (χ3v) is 7.48. The second-order valence-electron chi connectivity index (χ2n) is 8.29. The minimum absolute atomic E-state index is 0.0491. The molecule has 4 rings (SSSR count). The van der Waals surface area contributed by atoms with E-state index < -0.39 is 15.4 Å². The molecule has 34 heavy (non-hydrogen) atoms. The standard InChI is InChI=1S/C28H28N2O3S/c31-27(29-21-19-23-12-4-1-5-13-23)28(22-30-34(32,33)25-16-8-3-9-17-25)20-11-10-18-26(28)24-14-6-2-7-15-24/h1-18,30H,19-22H2,(H,29,31). The van der Waals surface area contributed by atoms with Gasteiger partial charge in [0.15, 0.2) is 0 Å². The zero-order valence-electron chi connectivity index (χ0n) is 18.9. The number of amides is 1. The minimum Gasteiger partial charge on any atom is -0.355 e. The Kier molecular flexibility index (Phi) is 7.40. The number of hydrogen-bond donors (Lipinski definition) is 2. The van der Waals surface area contributed by atoms with Gasteiger partial charge in [-0.3, -0.25) is 4.79 Å². The van der Waals surface area contributed by atoms with Crippen molar-refractivity contribution in [1.29, 1.82) is 0 Å². The van der Waals surface area contributed by atoms with Gasteiger partial charge in [0.05, 0.1) is 10.3 Å². The summed E-state index contributed by atoms with van der Waals surface area (Å²) in [5.74, 6) is -0.196. The normalized spacial score (nSPS) is 17.7. The number of nitrogens with one attached hydrogen (secondary N) is 2. The molecule has 3 aromatic carbocycles. The van der Waals surface area contributed by atoms with Crippen LogP contribution in [0.4, 0.5) is 0 Å². The molecule has 2 N–H and O–H groups in total. The maximum Gasteiger partial charge on any atom is 0.240 e. The molecule has 1 amide bonds. The van der Waals surface area contributed by atoms with Crippen molar-refractivity contribution < 1.29 is 13.2 Å². The third kappa shape index (κ3) is 5.35. The largest absolute Gasteiger partial charge is 0.355 e. The monoisotopic (exact) mass is 472 g/mol. The predicted octanol–water partition coefficient (Wildman–Crippen LogP) is 4.35. The van der Waals surface area contributed by atoms with Gasteiger partial charge in [0.1, 0.15) is 0 Å². The molecule has 6 heteroatoms. The van der Waals surface area contributed by atoms with E-state index in [1.165, 1.54) is 0 Å². The second-order valence-corrected chi connectivity index (χ2v) is 10.1. The molecule has 0 heterocycles. The summed E-state index contributed by atoms with van der Waals surface area (Å²) in [4.78, 5) is 13.9. The highest BCUT2D eigenvalue weighted by atomic mass is 32.2. The Bertz CT molecular complexity index is 1270. The zero-order valence-corrected chi connectivity index (χ0v) is 19.7. The van der Waals surface area contributed by atoms with Gasteiger partial charge < -0.3 is 5.32 Å². The molecular formula is C28H28N2O3S. The molecule has 174 valence electrons. The third-order valence-electron chi connectivity index (χ3n) is 6.06. The maximum atomic E-state index is 13.7. The molecule has 1 atom stereocenters. The molecule has 0 aromatic heterocycles. The van der Waals surface area contributed by atoms with Crippen molar-refractivity contribution in [2.75, 3.05) is 13.1 Å². The molecule has 3 aromatic rings. The van der Waals surface area contributed by atoms with Crippen LogP contribution in [0.2, 0.25) is 0 Å². The van der Waals surface area contributed by atoms with Crippen molar-refractivity contribution in [3.05, 3.63) is 120 Å². The topological polar surface area (TPSA) is 75.3 Å². The summed E-state index contributed by atoms with van der Waals surface area (Å²) in [5, 5.41) is 3.07. The highest BCUT2D eigenvalue weighted by Crippen LogP contribution is 2.41. The maximum absolute atomic E-state index is 13.7. The fourth-order valence-corrected chi connectivity index (χ4v) is 5.31. The molecule has 0 aliphatic heterocycles. The van der Waals surface area contributed by atoms with Gasteiger partial charge in [-0.05, 0) is 41.7 Å². The van der Waals surface area contributed by atoms with Crippen LogP contribution in [0.1, 0.15) is 17.5 Å². The summed E-state index contributed by atoms with van der Waals surface area (Å²) < 4.78 is 28.7. The summed E-state index contributed by atoms with van der Waals surface area (Å²) in [6.45, 7) is 0.411. The van der Waals surface area contributed by atoms with Crippen LogP contribution in [-0.4, -0.2) is 27.4 Å². The molecule has 5 nitrogen and oxygen atoms in total. The molecule has 0 bridgehead atoms. The Morgan fingerprint density at radius 3 is 2.15 bits per heavy atom. The lowest BCUT2D eigenvalue weighted by Gasteiger charge is -2.36. The number of carbonyl (C=O) groups is 1. The minimum atomic E-state index is -3.78. The van der Waals surface area contributed by atoms with Gasteiger partial charge in [0.25, 0.3) is 0 Å².